The number of fused-ring (bicyclic) bond motifs is 1. The Morgan fingerprint density at radius 2 is 1.60 bits per heavy atom. The second-order valence-corrected chi connectivity index (χ2v) is 10.5. The van der Waals surface area contributed by atoms with Gasteiger partial charge in [0.15, 0.2) is 0 Å². The van der Waals surface area contributed by atoms with Crippen molar-refractivity contribution in [2.45, 2.75) is 19.0 Å². The summed E-state index contributed by atoms with van der Waals surface area (Å²) in [6, 6.07) is 25.3. The van der Waals surface area contributed by atoms with Crippen LogP contribution in [0.25, 0.3) is 10.9 Å². The highest BCUT2D eigenvalue weighted by Gasteiger charge is 2.24. The van der Waals surface area contributed by atoms with Crippen LogP contribution in [0.4, 0.5) is 11.4 Å². The van der Waals surface area contributed by atoms with Crippen LogP contribution in [0, 0.1) is 0 Å². The van der Waals surface area contributed by atoms with Gasteiger partial charge in [-0.15, -0.1) is 0 Å². The summed E-state index contributed by atoms with van der Waals surface area (Å²) in [7, 11) is 0. The standard InChI is InChI=1S/C32H27Cl2N5O3/c33-22-13-14-24(25(34)16-22)31(41)39-29(15-21-18-36-27-7-3-1-5-23(21)27)32(42)37-17-19-9-11-20(12-10-19)30(40)38-28-8-4-2-6-26(28)35/h1-14,16,18,29,36H,15,17,35H2,(H,37,42)(H,38,40)(H,39,41). The lowest BCUT2D eigenvalue weighted by Crippen LogP contribution is -2.47. The average molecular weight is 601 g/mol. The summed E-state index contributed by atoms with van der Waals surface area (Å²) in [6.45, 7) is 0.189. The number of amides is 3. The minimum absolute atomic E-state index is 0.185. The normalized spacial score (nSPS) is 11.6. The van der Waals surface area contributed by atoms with Crippen molar-refractivity contribution in [3.63, 3.8) is 0 Å². The molecule has 1 aromatic heterocycles. The third kappa shape index (κ3) is 6.74. The number of halogens is 2. The van der Waals surface area contributed by atoms with Gasteiger partial charge in [0.1, 0.15) is 6.04 Å². The fraction of sp³-hybridized carbons (Fsp3) is 0.0938. The molecule has 42 heavy (non-hydrogen) atoms. The van der Waals surface area contributed by atoms with Gasteiger partial charge in [0.05, 0.1) is 22.0 Å². The third-order valence-electron chi connectivity index (χ3n) is 6.79. The molecule has 10 heteroatoms. The van der Waals surface area contributed by atoms with Crippen molar-refractivity contribution in [2.24, 2.45) is 0 Å². The number of rotatable bonds is 9. The van der Waals surface area contributed by atoms with Gasteiger partial charge in [-0.05, 0) is 59.7 Å². The Morgan fingerprint density at radius 3 is 2.36 bits per heavy atom. The number of para-hydroxylation sites is 3. The lowest BCUT2D eigenvalue weighted by molar-refractivity contribution is -0.123. The van der Waals surface area contributed by atoms with Gasteiger partial charge in [0.25, 0.3) is 11.8 Å². The Bertz CT molecular complexity index is 1770. The van der Waals surface area contributed by atoms with E-state index in [-0.39, 0.29) is 35.4 Å². The van der Waals surface area contributed by atoms with Gasteiger partial charge >= 0.3 is 0 Å². The van der Waals surface area contributed by atoms with Crippen LogP contribution in [0.2, 0.25) is 10.0 Å². The predicted octanol–water partition coefficient (Wildman–Crippen LogP) is 5.97. The maximum absolute atomic E-state index is 13.4. The monoisotopic (exact) mass is 599 g/mol. The molecule has 0 fully saturated rings. The van der Waals surface area contributed by atoms with Crippen molar-refractivity contribution in [1.82, 2.24) is 15.6 Å². The Hall–Kier alpha value is -4.79. The van der Waals surface area contributed by atoms with Gasteiger partial charge in [-0.1, -0.05) is 65.7 Å². The average Bonchev–Trinajstić information content (AvgIpc) is 3.39. The number of anilines is 2. The molecule has 0 aliphatic heterocycles. The Morgan fingerprint density at radius 1 is 0.857 bits per heavy atom. The number of aromatic amines is 1. The minimum Gasteiger partial charge on any atom is -0.397 e. The van der Waals surface area contributed by atoms with Crippen molar-refractivity contribution in [3.05, 3.63) is 129 Å². The zero-order valence-electron chi connectivity index (χ0n) is 22.3. The smallest absolute Gasteiger partial charge is 0.255 e. The van der Waals surface area contributed by atoms with E-state index in [2.05, 4.69) is 20.9 Å². The molecule has 0 aliphatic carbocycles. The Kier molecular flexibility index (Phi) is 8.76. The van der Waals surface area contributed by atoms with E-state index in [1.807, 2.05) is 30.5 Å². The lowest BCUT2D eigenvalue weighted by Gasteiger charge is -2.19. The molecule has 0 saturated carbocycles. The van der Waals surface area contributed by atoms with Gasteiger partial charge in [0.2, 0.25) is 5.91 Å². The van der Waals surface area contributed by atoms with Crippen LogP contribution in [0.15, 0.2) is 97.2 Å². The van der Waals surface area contributed by atoms with Gasteiger partial charge in [-0.3, -0.25) is 14.4 Å². The van der Waals surface area contributed by atoms with Crippen molar-refractivity contribution in [2.75, 3.05) is 11.1 Å². The molecular formula is C32H27Cl2N5O3. The number of nitrogen functional groups attached to an aromatic ring is 1. The summed E-state index contributed by atoms with van der Waals surface area (Å²) in [6.07, 6.45) is 2.08. The second-order valence-electron chi connectivity index (χ2n) is 9.67. The van der Waals surface area contributed by atoms with Gasteiger partial charge in [-0.25, -0.2) is 0 Å². The Labute approximate surface area is 252 Å². The topological polar surface area (TPSA) is 129 Å². The molecule has 1 unspecified atom stereocenters. The molecule has 212 valence electrons. The van der Waals surface area contributed by atoms with Crippen LogP contribution in [0.3, 0.4) is 0 Å². The molecule has 1 heterocycles. The first-order valence-corrected chi connectivity index (χ1v) is 13.9. The van der Waals surface area contributed by atoms with Gasteiger partial charge < -0.3 is 26.7 Å². The van der Waals surface area contributed by atoms with E-state index in [1.165, 1.54) is 12.1 Å². The van der Waals surface area contributed by atoms with Crippen molar-refractivity contribution in [3.8, 4) is 0 Å². The summed E-state index contributed by atoms with van der Waals surface area (Å²) in [4.78, 5) is 42.4. The highest BCUT2D eigenvalue weighted by atomic mass is 35.5. The molecule has 0 radical (unpaired) electrons. The number of hydrogen-bond donors (Lipinski definition) is 5. The van der Waals surface area contributed by atoms with Crippen molar-refractivity contribution in [1.29, 1.82) is 0 Å². The SMILES string of the molecule is Nc1ccccc1NC(=O)c1ccc(CNC(=O)C(Cc2c[nH]c3ccccc23)NC(=O)c2ccc(Cl)cc2Cl)cc1. The van der Waals surface area contributed by atoms with Crippen molar-refractivity contribution >= 4 is 63.2 Å². The molecule has 1 atom stereocenters. The highest BCUT2D eigenvalue weighted by Crippen LogP contribution is 2.23. The zero-order chi connectivity index (χ0) is 29.6. The maximum Gasteiger partial charge on any atom is 0.255 e. The molecule has 3 amide bonds. The van der Waals surface area contributed by atoms with Crippen LogP contribution in [-0.4, -0.2) is 28.7 Å². The lowest BCUT2D eigenvalue weighted by atomic mass is 10.0. The molecule has 4 aromatic carbocycles. The minimum atomic E-state index is -0.898. The molecule has 0 spiro atoms. The summed E-state index contributed by atoms with van der Waals surface area (Å²) in [5, 5.41) is 10.1. The molecule has 0 bridgehead atoms. The summed E-state index contributed by atoms with van der Waals surface area (Å²) < 4.78 is 0. The number of nitrogens with one attached hydrogen (secondary N) is 4. The van der Waals surface area contributed by atoms with Crippen molar-refractivity contribution < 1.29 is 14.4 Å². The van der Waals surface area contributed by atoms with Crippen LogP contribution in [0.5, 0.6) is 0 Å². The number of carbonyl (C=O) groups is 3. The first-order valence-electron chi connectivity index (χ1n) is 13.1. The van der Waals surface area contributed by atoms with E-state index in [9.17, 15) is 14.4 Å². The molecule has 6 N–H and O–H groups in total. The number of H-pyrrole nitrogens is 1. The van der Waals surface area contributed by atoms with Gasteiger partial charge in [0, 0.05) is 40.7 Å². The van der Waals surface area contributed by atoms with E-state index >= 15 is 0 Å². The molecule has 0 aliphatic rings. The largest absolute Gasteiger partial charge is 0.397 e. The maximum atomic E-state index is 13.4. The zero-order valence-corrected chi connectivity index (χ0v) is 23.8. The number of nitrogens with two attached hydrogens (primary N) is 1. The van der Waals surface area contributed by atoms with Crippen LogP contribution < -0.4 is 21.7 Å². The van der Waals surface area contributed by atoms with E-state index in [1.54, 1.807) is 54.6 Å². The number of hydrogen-bond acceptors (Lipinski definition) is 4. The summed E-state index contributed by atoms with van der Waals surface area (Å²) in [5.74, 6) is -1.17. The van der Waals surface area contributed by atoms with Crippen LogP contribution >= 0.6 is 23.2 Å². The molecule has 5 aromatic rings. The van der Waals surface area contributed by atoms with E-state index in [4.69, 9.17) is 28.9 Å². The number of benzene rings is 4. The number of aromatic nitrogens is 1. The quantitative estimate of drug-likeness (QED) is 0.134. The molecule has 0 saturated heterocycles. The predicted molar refractivity (Wildman–Crippen MR) is 167 cm³/mol. The third-order valence-corrected chi connectivity index (χ3v) is 7.34. The van der Waals surface area contributed by atoms with E-state index < -0.39 is 11.9 Å². The summed E-state index contributed by atoms with van der Waals surface area (Å²) >= 11 is 12.2. The fourth-order valence-electron chi connectivity index (χ4n) is 4.53. The van der Waals surface area contributed by atoms with E-state index in [0.29, 0.717) is 22.0 Å². The van der Waals surface area contributed by atoms with E-state index in [0.717, 1.165) is 22.0 Å². The fourth-order valence-corrected chi connectivity index (χ4v) is 5.03. The summed E-state index contributed by atoms with van der Waals surface area (Å²) in [5.41, 5.74) is 10.1. The van der Waals surface area contributed by atoms with Crippen LogP contribution in [-0.2, 0) is 17.8 Å². The number of carbonyl (C=O) groups excluding carboxylic acids is 3. The molecule has 8 nitrogen and oxygen atoms in total. The molecule has 5 rings (SSSR count). The second kappa shape index (κ2) is 12.8. The molecular weight excluding hydrogens is 573 g/mol. The first kappa shape index (κ1) is 28.7. The Balaban J connectivity index is 1.28. The first-order chi connectivity index (χ1) is 20.3. The highest BCUT2D eigenvalue weighted by molar-refractivity contribution is 6.36. The van der Waals surface area contributed by atoms with Gasteiger partial charge in [-0.2, -0.15) is 0 Å². The van der Waals surface area contributed by atoms with Crippen LogP contribution in [0.1, 0.15) is 31.8 Å².